The van der Waals surface area contributed by atoms with Crippen molar-refractivity contribution in [2.24, 2.45) is 0 Å². The first kappa shape index (κ1) is 23.7. The molecule has 2 bridgehead atoms. The van der Waals surface area contributed by atoms with Crippen LogP contribution in [0.25, 0.3) is 11.3 Å². The minimum absolute atomic E-state index is 0.0488. The van der Waals surface area contributed by atoms with Gasteiger partial charge in [-0.1, -0.05) is 12.1 Å². The largest absolute Gasteiger partial charge is 0.474 e. The number of ether oxygens (including phenoxy) is 3. The van der Waals surface area contributed by atoms with E-state index in [0.29, 0.717) is 48.1 Å². The summed E-state index contributed by atoms with van der Waals surface area (Å²) in [6.07, 6.45) is 5.16. The van der Waals surface area contributed by atoms with Gasteiger partial charge in [0.2, 0.25) is 5.88 Å². The maximum Gasteiger partial charge on any atom is 0.215 e. The van der Waals surface area contributed by atoms with Gasteiger partial charge < -0.3 is 34.9 Å². The maximum absolute atomic E-state index is 9.56. The summed E-state index contributed by atoms with van der Waals surface area (Å²) in [4.78, 5) is 9.23. The number of aliphatic hydroxyl groups excluding tert-OH is 1. The molecule has 194 valence electrons. The summed E-state index contributed by atoms with van der Waals surface area (Å²) >= 11 is 0. The minimum atomic E-state index is -0.251. The quantitative estimate of drug-likeness (QED) is 0.443. The number of fused-ring (bicyclic) bond motifs is 2. The van der Waals surface area contributed by atoms with E-state index in [2.05, 4.69) is 31.0 Å². The van der Waals surface area contributed by atoms with Crippen LogP contribution in [0.2, 0.25) is 0 Å². The number of para-hydroxylation sites is 1. The average molecular weight is 505 g/mol. The number of rotatable bonds is 8. The molecule has 10 nitrogen and oxygen atoms in total. The molecule has 2 saturated heterocycles. The number of aliphatic hydroxyl groups is 1. The first-order valence-corrected chi connectivity index (χ1v) is 12.8. The van der Waals surface area contributed by atoms with Crippen molar-refractivity contribution in [3.8, 4) is 22.9 Å². The number of piperazine rings is 1. The fourth-order valence-electron chi connectivity index (χ4n) is 5.65. The van der Waals surface area contributed by atoms with Crippen LogP contribution in [0.3, 0.4) is 0 Å². The van der Waals surface area contributed by atoms with E-state index in [9.17, 15) is 5.11 Å². The molecule has 2 aromatic heterocycles. The molecule has 6 rings (SSSR count). The van der Waals surface area contributed by atoms with E-state index in [4.69, 9.17) is 19.9 Å². The van der Waals surface area contributed by atoms with Crippen LogP contribution >= 0.6 is 0 Å². The molecule has 1 aromatic carbocycles. The number of nitrogen functional groups attached to an aromatic ring is 1. The van der Waals surface area contributed by atoms with Gasteiger partial charge in [0.1, 0.15) is 11.9 Å². The van der Waals surface area contributed by atoms with E-state index in [1.807, 2.05) is 42.6 Å². The molecule has 0 spiro atoms. The van der Waals surface area contributed by atoms with Crippen molar-refractivity contribution in [1.29, 1.82) is 0 Å². The summed E-state index contributed by atoms with van der Waals surface area (Å²) in [6.45, 7) is 1.82. The van der Waals surface area contributed by atoms with Crippen LogP contribution in [0.15, 0.2) is 48.7 Å². The van der Waals surface area contributed by atoms with E-state index in [1.54, 1.807) is 7.11 Å². The van der Waals surface area contributed by atoms with Crippen molar-refractivity contribution in [3.63, 3.8) is 0 Å². The Kier molecular flexibility index (Phi) is 6.43. The number of nitrogens with zero attached hydrogens (tertiary/aromatic N) is 5. The molecular weight excluding hydrogens is 472 g/mol. The predicted molar refractivity (Wildman–Crippen MR) is 140 cm³/mol. The van der Waals surface area contributed by atoms with Crippen LogP contribution in [0.4, 0.5) is 17.2 Å². The van der Waals surface area contributed by atoms with E-state index in [0.717, 1.165) is 42.9 Å². The normalized spacial score (nSPS) is 24.6. The van der Waals surface area contributed by atoms with Crippen molar-refractivity contribution in [1.82, 2.24) is 15.2 Å². The highest BCUT2D eigenvalue weighted by atomic mass is 16.7. The van der Waals surface area contributed by atoms with Gasteiger partial charge in [0, 0.05) is 68.6 Å². The fraction of sp³-hybridized carbons (Fsp3) is 0.444. The molecule has 3 aliphatic rings. The highest BCUT2D eigenvalue weighted by molar-refractivity contribution is 5.74. The molecule has 3 aromatic rings. The lowest BCUT2D eigenvalue weighted by Crippen LogP contribution is -2.54. The Morgan fingerprint density at radius 3 is 2.59 bits per heavy atom. The average Bonchev–Trinajstić information content (AvgIpc) is 3.16. The number of hydrogen-bond donors (Lipinski definition) is 2. The molecule has 2 atom stereocenters. The number of nitrogens with two attached hydrogens (primary N) is 1. The molecule has 10 heteroatoms. The third kappa shape index (κ3) is 4.74. The van der Waals surface area contributed by atoms with Crippen molar-refractivity contribution in [2.75, 3.05) is 42.5 Å². The maximum atomic E-state index is 9.56. The predicted octanol–water partition coefficient (Wildman–Crippen LogP) is 2.86. The molecule has 4 heterocycles. The van der Waals surface area contributed by atoms with Gasteiger partial charge in [-0.3, -0.25) is 0 Å². The van der Waals surface area contributed by atoms with Crippen LogP contribution in [-0.4, -0.2) is 71.6 Å². The topological polar surface area (TPSA) is 119 Å². The Balaban J connectivity index is 1.21. The Bertz CT molecular complexity index is 1240. The molecule has 3 N–H and O–H groups in total. The number of aromatic nitrogens is 3. The van der Waals surface area contributed by atoms with Gasteiger partial charge in [0.25, 0.3) is 0 Å². The first-order valence-electron chi connectivity index (χ1n) is 12.8. The van der Waals surface area contributed by atoms with Crippen LogP contribution < -0.4 is 25.0 Å². The lowest BCUT2D eigenvalue weighted by molar-refractivity contribution is -0.0128. The van der Waals surface area contributed by atoms with E-state index in [1.165, 1.54) is 0 Å². The number of benzene rings is 1. The number of methoxy groups -OCH3 is 1. The monoisotopic (exact) mass is 504 g/mol. The third-order valence-corrected chi connectivity index (χ3v) is 7.49. The summed E-state index contributed by atoms with van der Waals surface area (Å²) in [5, 5.41) is 18.2. The standard InChI is InChI=1S/C27H32N6O4/c1-35-16-36-25-5-3-2-4-22(25)23-13-24(27(28)31-30-23)32-14-18-6-7-19(15-32)33(18)17-8-9-29-26(10-17)37-21-11-20(34)12-21/h2-5,8-10,13,18-21,34H,6-7,11-12,14-16H2,1H3,(H2,28,31)/t18?,19?,20-,21+. The summed E-state index contributed by atoms with van der Waals surface area (Å²) in [5.41, 5.74) is 9.92. The van der Waals surface area contributed by atoms with Gasteiger partial charge in [0.15, 0.2) is 12.6 Å². The van der Waals surface area contributed by atoms with Crippen molar-refractivity contribution in [2.45, 2.75) is 50.0 Å². The molecular formula is C27H32N6O4. The Morgan fingerprint density at radius 1 is 1.05 bits per heavy atom. The van der Waals surface area contributed by atoms with Crippen LogP contribution in [0.1, 0.15) is 25.7 Å². The van der Waals surface area contributed by atoms with E-state index in [-0.39, 0.29) is 19.0 Å². The van der Waals surface area contributed by atoms with Crippen LogP contribution in [0.5, 0.6) is 11.6 Å². The fourth-order valence-corrected chi connectivity index (χ4v) is 5.65. The Morgan fingerprint density at radius 2 is 1.84 bits per heavy atom. The number of hydrogen-bond acceptors (Lipinski definition) is 10. The molecule has 0 amide bonds. The van der Waals surface area contributed by atoms with Crippen LogP contribution in [-0.2, 0) is 4.74 Å². The van der Waals surface area contributed by atoms with E-state index >= 15 is 0 Å². The highest BCUT2D eigenvalue weighted by Gasteiger charge is 2.41. The first-order chi connectivity index (χ1) is 18.1. The van der Waals surface area contributed by atoms with Crippen molar-refractivity contribution in [3.05, 3.63) is 48.7 Å². The van der Waals surface area contributed by atoms with Gasteiger partial charge in [-0.25, -0.2) is 4.98 Å². The van der Waals surface area contributed by atoms with Crippen LogP contribution in [0, 0.1) is 0 Å². The van der Waals surface area contributed by atoms with E-state index < -0.39 is 0 Å². The van der Waals surface area contributed by atoms with Crippen molar-refractivity contribution >= 4 is 17.2 Å². The summed E-state index contributed by atoms with van der Waals surface area (Å²) in [5.74, 6) is 1.73. The molecule has 1 saturated carbocycles. The zero-order valence-corrected chi connectivity index (χ0v) is 20.9. The Hall–Kier alpha value is -3.63. The zero-order valence-electron chi connectivity index (χ0n) is 20.9. The SMILES string of the molecule is COCOc1ccccc1-c1cc(N2CC3CCC(C2)N3c2ccnc(O[C@H]3C[C@@H](O)C3)c2)c(N)nn1. The smallest absolute Gasteiger partial charge is 0.215 e. The molecule has 2 aliphatic heterocycles. The Labute approximate surface area is 216 Å². The third-order valence-electron chi connectivity index (χ3n) is 7.49. The van der Waals surface area contributed by atoms with Gasteiger partial charge >= 0.3 is 0 Å². The lowest BCUT2D eigenvalue weighted by Gasteiger charge is -2.43. The summed E-state index contributed by atoms with van der Waals surface area (Å²) in [7, 11) is 1.59. The zero-order chi connectivity index (χ0) is 25.4. The second kappa shape index (κ2) is 10.0. The summed E-state index contributed by atoms with van der Waals surface area (Å²) in [6, 6.07) is 14.5. The molecule has 1 aliphatic carbocycles. The van der Waals surface area contributed by atoms with Crippen molar-refractivity contribution < 1.29 is 19.3 Å². The highest BCUT2D eigenvalue weighted by Crippen LogP contribution is 2.40. The van der Waals surface area contributed by atoms with Gasteiger partial charge in [-0.2, -0.15) is 0 Å². The van der Waals surface area contributed by atoms with Gasteiger partial charge in [-0.05, 0) is 37.1 Å². The van der Waals surface area contributed by atoms with Gasteiger partial charge in [0.05, 0.1) is 17.5 Å². The second-order valence-electron chi connectivity index (χ2n) is 9.96. The molecule has 37 heavy (non-hydrogen) atoms. The number of anilines is 3. The minimum Gasteiger partial charge on any atom is -0.474 e. The number of pyridine rings is 1. The molecule has 2 unspecified atom stereocenters. The summed E-state index contributed by atoms with van der Waals surface area (Å²) < 4.78 is 16.8. The lowest BCUT2D eigenvalue weighted by atomic mass is 9.92. The van der Waals surface area contributed by atoms with Gasteiger partial charge in [-0.15, -0.1) is 10.2 Å². The second-order valence-corrected chi connectivity index (χ2v) is 9.96. The molecule has 0 radical (unpaired) electrons. The molecule has 3 fully saturated rings.